The molecule has 0 saturated carbocycles. The minimum atomic E-state index is -0.145. The van der Waals surface area contributed by atoms with Crippen molar-refractivity contribution in [3.63, 3.8) is 0 Å². The number of amides is 1. The van der Waals surface area contributed by atoms with Crippen molar-refractivity contribution in [1.82, 2.24) is 14.9 Å². The second-order valence-corrected chi connectivity index (χ2v) is 8.75. The Kier molecular flexibility index (Phi) is 6.32. The average molecular weight is 422 g/mol. The molecule has 148 valence electrons. The third-order valence-corrected chi connectivity index (χ3v) is 6.35. The van der Waals surface area contributed by atoms with E-state index in [-0.39, 0.29) is 11.9 Å². The Balaban J connectivity index is 1.73. The van der Waals surface area contributed by atoms with Gasteiger partial charge in [-0.2, -0.15) is 11.8 Å². The summed E-state index contributed by atoms with van der Waals surface area (Å²) in [5.41, 5.74) is 3.26. The lowest BCUT2D eigenvalue weighted by Crippen LogP contribution is -2.30. The number of hydrogen-bond acceptors (Lipinski definition) is 4. The highest BCUT2D eigenvalue weighted by atomic mass is 32.2. The van der Waals surface area contributed by atoms with E-state index in [4.69, 9.17) is 4.98 Å². The first kappa shape index (κ1) is 19.7. The molecule has 2 aromatic heterocycles. The highest BCUT2D eigenvalue weighted by molar-refractivity contribution is 7.98. The zero-order chi connectivity index (χ0) is 20.1. The molecule has 4 rings (SSSR count). The molecule has 1 N–H and O–H groups in total. The maximum absolute atomic E-state index is 12.8. The molecule has 4 nitrogen and oxygen atoms in total. The van der Waals surface area contributed by atoms with Crippen LogP contribution >= 0.6 is 23.1 Å². The van der Waals surface area contributed by atoms with Crippen LogP contribution in [0.25, 0.3) is 11.0 Å². The van der Waals surface area contributed by atoms with Gasteiger partial charge in [-0.3, -0.25) is 4.79 Å². The third-order valence-electron chi connectivity index (χ3n) is 4.84. The number of para-hydroxylation sites is 2. The number of imidazole rings is 1. The number of carbonyl (C=O) groups is 1. The van der Waals surface area contributed by atoms with Crippen molar-refractivity contribution in [1.29, 1.82) is 0 Å². The lowest BCUT2D eigenvalue weighted by atomic mass is 10.1. The van der Waals surface area contributed by atoms with E-state index in [0.717, 1.165) is 40.5 Å². The van der Waals surface area contributed by atoms with E-state index in [1.54, 1.807) is 11.8 Å². The van der Waals surface area contributed by atoms with Crippen LogP contribution in [0.1, 0.15) is 33.5 Å². The molecule has 1 atom stereocenters. The van der Waals surface area contributed by atoms with Crippen LogP contribution in [-0.2, 0) is 6.54 Å². The van der Waals surface area contributed by atoms with Crippen molar-refractivity contribution in [3.05, 3.63) is 88.4 Å². The van der Waals surface area contributed by atoms with Crippen LogP contribution in [0.3, 0.4) is 0 Å². The number of fused-ring (bicyclic) bond motifs is 1. The van der Waals surface area contributed by atoms with Crippen LogP contribution in [0.2, 0.25) is 0 Å². The summed E-state index contributed by atoms with van der Waals surface area (Å²) < 4.78 is 2.24. The molecule has 0 spiro atoms. The van der Waals surface area contributed by atoms with Crippen molar-refractivity contribution in [2.24, 2.45) is 0 Å². The number of carbonyl (C=O) groups excluding carboxylic acids is 1. The van der Waals surface area contributed by atoms with E-state index in [2.05, 4.69) is 46.5 Å². The van der Waals surface area contributed by atoms with Gasteiger partial charge < -0.3 is 9.88 Å². The zero-order valence-corrected chi connectivity index (χ0v) is 17.9. The molecule has 0 unspecified atom stereocenters. The maximum Gasteiger partial charge on any atom is 0.261 e. The Hall–Kier alpha value is -2.57. The molecule has 4 aromatic rings. The van der Waals surface area contributed by atoms with Gasteiger partial charge in [0.1, 0.15) is 5.82 Å². The highest BCUT2D eigenvalue weighted by Crippen LogP contribution is 2.26. The molecule has 0 saturated heterocycles. The quantitative estimate of drug-likeness (QED) is 0.416. The summed E-state index contributed by atoms with van der Waals surface area (Å²) in [6.07, 6.45) is 2.92. The Morgan fingerprint density at radius 3 is 2.66 bits per heavy atom. The van der Waals surface area contributed by atoms with Crippen molar-refractivity contribution in [3.8, 4) is 0 Å². The van der Waals surface area contributed by atoms with Gasteiger partial charge in [0.2, 0.25) is 0 Å². The minimum absolute atomic E-state index is 0.0376. The number of nitrogens with zero attached hydrogens (tertiary/aromatic N) is 2. The molecule has 0 fully saturated rings. The molecule has 0 bridgehead atoms. The van der Waals surface area contributed by atoms with E-state index < -0.39 is 0 Å². The fraction of sp³-hybridized carbons (Fsp3) is 0.217. The number of thioether (sulfide) groups is 1. The smallest absolute Gasteiger partial charge is 0.261 e. The molecule has 0 aliphatic heterocycles. The van der Waals surface area contributed by atoms with Gasteiger partial charge in [0, 0.05) is 6.54 Å². The Bertz CT molecular complexity index is 1070. The lowest BCUT2D eigenvalue weighted by molar-refractivity contribution is 0.0937. The van der Waals surface area contributed by atoms with Crippen LogP contribution in [0, 0.1) is 0 Å². The summed E-state index contributed by atoms with van der Waals surface area (Å²) in [6.45, 7) is 0.724. The normalized spacial score (nSPS) is 12.2. The first-order valence-corrected chi connectivity index (χ1v) is 11.9. The maximum atomic E-state index is 12.8. The summed E-state index contributed by atoms with van der Waals surface area (Å²) in [6, 6.07) is 22.2. The van der Waals surface area contributed by atoms with E-state index in [0.29, 0.717) is 0 Å². The van der Waals surface area contributed by atoms with Crippen LogP contribution < -0.4 is 5.32 Å². The second kappa shape index (κ2) is 9.29. The Morgan fingerprint density at radius 1 is 1.10 bits per heavy atom. The molecule has 6 heteroatoms. The Labute approximate surface area is 179 Å². The molecule has 0 radical (unpaired) electrons. The predicted octanol–water partition coefficient (Wildman–Crippen LogP) is 5.37. The van der Waals surface area contributed by atoms with E-state index >= 15 is 0 Å². The number of aromatic nitrogens is 2. The van der Waals surface area contributed by atoms with Crippen LogP contribution in [0.15, 0.2) is 72.1 Å². The number of hydrogen-bond donors (Lipinski definition) is 1. The van der Waals surface area contributed by atoms with Gasteiger partial charge in [0.15, 0.2) is 0 Å². The topological polar surface area (TPSA) is 46.9 Å². The highest BCUT2D eigenvalue weighted by Gasteiger charge is 2.23. The molecule has 1 amide bonds. The molecule has 0 aliphatic carbocycles. The zero-order valence-electron chi connectivity index (χ0n) is 16.2. The van der Waals surface area contributed by atoms with Gasteiger partial charge in [-0.25, -0.2) is 4.98 Å². The summed E-state index contributed by atoms with van der Waals surface area (Å²) >= 11 is 3.24. The number of nitrogens with one attached hydrogen (secondary N) is 1. The summed E-state index contributed by atoms with van der Waals surface area (Å²) in [4.78, 5) is 18.5. The average Bonchev–Trinajstić information content (AvgIpc) is 3.41. The monoisotopic (exact) mass is 421 g/mol. The van der Waals surface area contributed by atoms with Crippen molar-refractivity contribution < 1.29 is 4.79 Å². The van der Waals surface area contributed by atoms with Gasteiger partial charge in [-0.1, -0.05) is 48.5 Å². The molecule has 0 aliphatic rings. The fourth-order valence-corrected chi connectivity index (χ4v) is 4.53. The lowest BCUT2D eigenvalue weighted by Gasteiger charge is -2.20. The van der Waals surface area contributed by atoms with Crippen LogP contribution in [0.4, 0.5) is 0 Å². The number of benzene rings is 2. The van der Waals surface area contributed by atoms with E-state index in [9.17, 15) is 4.79 Å². The van der Waals surface area contributed by atoms with E-state index in [1.807, 2.05) is 41.8 Å². The van der Waals surface area contributed by atoms with Gasteiger partial charge in [0.25, 0.3) is 5.91 Å². The van der Waals surface area contributed by atoms with Gasteiger partial charge in [-0.05, 0) is 47.6 Å². The minimum Gasteiger partial charge on any atom is -0.341 e. The number of rotatable bonds is 8. The Morgan fingerprint density at radius 2 is 1.90 bits per heavy atom. The largest absolute Gasteiger partial charge is 0.341 e. The third kappa shape index (κ3) is 4.54. The second-order valence-electron chi connectivity index (χ2n) is 6.82. The fourth-order valence-electron chi connectivity index (χ4n) is 3.43. The summed E-state index contributed by atoms with van der Waals surface area (Å²) in [5, 5.41) is 5.16. The molecule has 2 heterocycles. The van der Waals surface area contributed by atoms with Gasteiger partial charge >= 0.3 is 0 Å². The van der Waals surface area contributed by atoms with Gasteiger partial charge in [0.05, 0.1) is 22.0 Å². The first-order chi connectivity index (χ1) is 14.3. The van der Waals surface area contributed by atoms with Gasteiger partial charge in [-0.15, -0.1) is 11.3 Å². The molecular weight excluding hydrogens is 398 g/mol. The summed E-state index contributed by atoms with van der Waals surface area (Å²) in [5.74, 6) is 1.82. The standard InChI is InChI=1S/C23H23N3OS2/c1-28-15-13-19(25-23(27)21-12-7-14-29-21)22-24-18-10-5-6-11-20(18)26(22)16-17-8-3-2-4-9-17/h2-12,14,19H,13,15-16H2,1H3,(H,25,27)/t19-/m0/s1. The van der Waals surface area contributed by atoms with Crippen LogP contribution in [-0.4, -0.2) is 27.5 Å². The number of thiophene rings is 1. The molecular formula is C23H23N3OS2. The SMILES string of the molecule is CSCC[C@H](NC(=O)c1cccs1)c1nc2ccccc2n1Cc1ccccc1. The van der Waals surface area contributed by atoms with Crippen LogP contribution in [0.5, 0.6) is 0 Å². The predicted molar refractivity (Wildman–Crippen MR) is 123 cm³/mol. The molecule has 29 heavy (non-hydrogen) atoms. The van der Waals surface area contributed by atoms with Crippen molar-refractivity contribution in [2.45, 2.75) is 19.0 Å². The molecule has 2 aromatic carbocycles. The van der Waals surface area contributed by atoms with Crippen molar-refractivity contribution >= 4 is 40.0 Å². The first-order valence-electron chi connectivity index (χ1n) is 9.58. The van der Waals surface area contributed by atoms with E-state index in [1.165, 1.54) is 16.9 Å². The van der Waals surface area contributed by atoms with Crippen molar-refractivity contribution in [2.75, 3.05) is 12.0 Å². The summed E-state index contributed by atoms with van der Waals surface area (Å²) in [7, 11) is 0.